The van der Waals surface area contributed by atoms with Gasteiger partial charge < -0.3 is 0 Å². The van der Waals surface area contributed by atoms with Crippen LogP contribution in [0.25, 0.3) is 0 Å². The van der Waals surface area contributed by atoms with Crippen LogP contribution in [0, 0.1) is 17.7 Å². The fourth-order valence-electron chi connectivity index (χ4n) is 2.38. The standard InChI is InChI=1S/C13H16FNO/c1-9-2-3-13(16)11(4-9)5-10-6-12(14)8-15-7-10/h6-9,11H,2-5H2,1H3. The number of carbonyl (C=O) groups is 1. The lowest BCUT2D eigenvalue weighted by molar-refractivity contribution is -0.125. The van der Waals surface area contributed by atoms with Gasteiger partial charge in [0.2, 0.25) is 0 Å². The lowest BCUT2D eigenvalue weighted by Crippen LogP contribution is -2.25. The van der Waals surface area contributed by atoms with Gasteiger partial charge in [-0.2, -0.15) is 0 Å². The van der Waals surface area contributed by atoms with Crippen LogP contribution in [0.2, 0.25) is 0 Å². The molecule has 86 valence electrons. The molecule has 1 aliphatic rings. The minimum atomic E-state index is -0.325. The second-order valence-electron chi connectivity index (χ2n) is 4.76. The van der Waals surface area contributed by atoms with Crippen LogP contribution in [-0.2, 0) is 11.2 Å². The van der Waals surface area contributed by atoms with Gasteiger partial charge in [0.1, 0.15) is 11.6 Å². The van der Waals surface area contributed by atoms with E-state index < -0.39 is 0 Å². The highest BCUT2D eigenvalue weighted by Gasteiger charge is 2.26. The number of aromatic nitrogens is 1. The summed E-state index contributed by atoms with van der Waals surface area (Å²) in [6.07, 6.45) is 6.07. The van der Waals surface area contributed by atoms with Crippen LogP contribution >= 0.6 is 0 Å². The summed E-state index contributed by atoms with van der Waals surface area (Å²) in [5.41, 5.74) is 0.826. The first-order valence-corrected chi connectivity index (χ1v) is 5.77. The summed E-state index contributed by atoms with van der Waals surface area (Å²) < 4.78 is 12.9. The zero-order valence-electron chi connectivity index (χ0n) is 9.45. The van der Waals surface area contributed by atoms with Crippen molar-refractivity contribution < 1.29 is 9.18 Å². The van der Waals surface area contributed by atoms with E-state index >= 15 is 0 Å². The van der Waals surface area contributed by atoms with Gasteiger partial charge in [0, 0.05) is 18.5 Å². The number of rotatable bonds is 2. The monoisotopic (exact) mass is 221 g/mol. The lowest BCUT2D eigenvalue weighted by atomic mass is 9.79. The molecule has 1 fully saturated rings. The number of ketones is 1. The van der Waals surface area contributed by atoms with Gasteiger partial charge in [-0.15, -0.1) is 0 Å². The quantitative estimate of drug-likeness (QED) is 0.768. The summed E-state index contributed by atoms with van der Waals surface area (Å²) in [7, 11) is 0. The van der Waals surface area contributed by atoms with E-state index in [1.54, 1.807) is 6.20 Å². The summed E-state index contributed by atoms with van der Waals surface area (Å²) in [4.78, 5) is 15.5. The SMILES string of the molecule is CC1CCC(=O)C(Cc2cncc(F)c2)C1. The van der Waals surface area contributed by atoms with Crippen LogP contribution in [-0.4, -0.2) is 10.8 Å². The van der Waals surface area contributed by atoms with Crippen molar-refractivity contribution in [2.45, 2.75) is 32.6 Å². The van der Waals surface area contributed by atoms with Crippen molar-refractivity contribution in [2.24, 2.45) is 11.8 Å². The molecule has 0 N–H and O–H groups in total. The van der Waals surface area contributed by atoms with E-state index in [1.807, 2.05) is 0 Å². The molecule has 3 heteroatoms. The molecule has 2 unspecified atom stereocenters. The smallest absolute Gasteiger partial charge is 0.141 e. The van der Waals surface area contributed by atoms with Crippen LogP contribution < -0.4 is 0 Å². The molecule has 0 spiro atoms. The minimum absolute atomic E-state index is 0.0624. The Balaban J connectivity index is 2.05. The van der Waals surface area contributed by atoms with Gasteiger partial charge in [0.05, 0.1) is 6.20 Å². The Hall–Kier alpha value is -1.25. The molecule has 1 aromatic heterocycles. The highest BCUT2D eigenvalue weighted by molar-refractivity contribution is 5.82. The van der Waals surface area contributed by atoms with Crippen LogP contribution in [0.1, 0.15) is 31.7 Å². The molecule has 2 nitrogen and oxygen atoms in total. The van der Waals surface area contributed by atoms with Gasteiger partial charge >= 0.3 is 0 Å². The van der Waals surface area contributed by atoms with E-state index in [0.717, 1.165) is 18.4 Å². The van der Waals surface area contributed by atoms with Gasteiger partial charge in [-0.1, -0.05) is 6.92 Å². The van der Waals surface area contributed by atoms with Crippen molar-refractivity contribution in [3.63, 3.8) is 0 Å². The molecule has 0 radical (unpaired) electrons. The molecule has 1 heterocycles. The van der Waals surface area contributed by atoms with Gasteiger partial charge in [-0.3, -0.25) is 9.78 Å². The highest BCUT2D eigenvalue weighted by atomic mass is 19.1. The van der Waals surface area contributed by atoms with E-state index in [4.69, 9.17) is 0 Å². The third-order valence-electron chi connectivity index (χ3n) is 3.27. The summed E-state index contributed by atoms with van der Waals surface area (Å²) >= 11 is 0. The summed E-state index contributed by atoms with van der Waals surface area (Å²) in [6, 6.07) is 1.47. The number of halogens is 1. The Kier molecular flexibility index (Phi) is 3.32. The summed E-state index contributed by atoms with van der Waals surface area (Å²) in [5, 5.41) is 0. The molecule has 1 aliphatic carbocycles. The maximum absolute atomic E-state index is 12.9. The van der Waals surface area contributed by atoms with Crippen molar-refractivity contribution >= 4 is 5.78 Å². The molecule has 0 saturated heterocycles. The zero-order valence-corrected chi connectivity index (χ0v) is 9.45. The maximum atomic E-state index is 12.9. The third kappa shape index (κ3) is 2.65. The summed E-state index contributed by atoms with van der Waals surface area (Å²) in [6.45, 7) is 2.17. The molecule has 0 bridgehead atoms. The number of Topliss-reactive ketones (excluding diaryl/α,β-unsaturated/α-hetero) is 1. The van der Waals surface area contributed by atoms with E-state index in [0.29, 0.717) is 24.5 Å². The van der Waals surface area contributed by atoms with Crippen LogP contribution in [0.15, 0.2) is 18.5 Å². The van der Waals surface area contributed by atoms with Gasteiger partial charge in [-0.25, -0.2) is 4.39 Å². The second-order valence-corrected chi connectivity index (χ2v) is 4.76. The summed E-state index contributed by atoms with van der Waals surface area (Å²) in [5.74, 6) is 0.660. The Morgan fingerprint density at radius 2 is 2.31 bits per heavy atom. The van der Waals surface area contributed by atoms with Crippen molar-refractivity contribution in [3.8, 4) is 0 Å². The van der Waals surface area contributed by atoms with Gasteiger partial charge in [0.15, 0.2) is 0 Å². The normalized spacial score (nSPS) is 25.8. The molecule has 0 amide bonds. The molecule has 1 saturated carbocycles. The van der Waals surface area contributed by atoms with Crippen molar-refractivity contribution in [1.82, 2.24) is 4.98 Å². The Labute approximate surface area is 94.9 Å². The third-order valence-corrected chi connectivity index (χ3v) is 3.27. The van der Waals surface area contributed by atoms with Crippen LogP contribution in [0.4, 0.5) is 4.39 Å². The fourth-order valence-corrected chi connectivity index (χ4v) is 2.38. The molecule has 2 atom stereocenters. The fraction of sp³-hybridized carbons (Fsp3) is 0.538. The van der Waals surface area contributed by atoms with E-state index in [2.05, 4.69) is 11.9 Å². The van der Waals surface area contributed by atoms with Crippen LogP contribution in [0.5, 0.6) is 0 Å². The molecular formula is C13H16FNO. The van der Waals surface area contributed by atoms with Crippen molar-refractivity contribution in [2.75, 3.05) is 0 Å². The molecule has 1 aromatic rings. The first-order chi connectivity index (χ1) is 7.65. The van der Waals surface area contributed by atoms with Crippen LogP contribution in [0.3, 0.4) is 0 Å². The lowest BCUT2D eigenvalue weighted by Gasteiger charge is -2.25. The zero-order chi connectivity index (χ0) is 11.5. The molecule has 2 rings (SSSR count). The topological polar surface area (TPSA) is 30.0 Å². The maximum Gasteiger partial charge on any atom is 0.141 e. The van der Waals surface area contributed by atoms with Crippen molar-refractivity contribution in [3.05, 3.63) is 29.8 Å². The minimum Gasteiger partial charge on any atom is -0.299 e. The second kappa shape index (κ2) is 4.73. The highest BCUT2D eigenvalue weighted by Crippen LogP contribution is 2.28. The predicted molar refractivity (Wildman–Crippen MR) is 59.4 cm³/mol. The van der Waals surface area contributed by atoms with Gasteiger partial charge in [0.25, 0.3) is 0 Å². The Morgan fingerprint density at radius 3 is 3.06 bits per heavy atom. The number of hydrogen-bond acceptors (Lipinski definition) is 2. The first kappa shape index (κ1) is 11.2. The van der Waals surface area contributed by atoms with Gasteiger partial charge in [-0.05, 0) is 36.8 Å². The predicted octanol–water partition coefficient (Wildman–Crippen LogP) is 2.77. The van der Waals surface area contributed by atoms with E-state index in [9.17, 15) is 9.18 Å². The molecule has 16 heavy (non-hydrogen) atoms. The van der Waals surface area contributed by atoms with E-state index in [1.165, 1.54) is 12.3 Å². The average Bonchev–Trinajstić information content (AvgIpc) is 2.24. The number of carbonyl (C=O) groups excluding carboxylic acids is 1. The Bertz CT molecular complexity index is 391. The Morgan fingerprint density at radius 1 is 1.50 bits per heavy atom. The first-order valence-electron chi connectivity index (χ1n) is 5.77. The number of nitrogens with zero attached hydrogens (tertiary/aromatic N) is 1. The molecule has 0 aromatic carbocycles. The largest absolute Gasteiger partial charge is 0.299 e. The molecular weight excluding hydrogens is 205 g/mol. The number of hydrogen-bond donors (Lipinski definition) is 0. The van der Waals surface area contributed by atoms with Crippen molar-refractivity contribution in [1.29, 1.82) is 0 Å². The molecule has 0 aliphatic heterocycles. The average molecular weight is 221 g/mol. The van der Waals surface area contributed by atoms with E-state index in [-0.39, 0.29) is 11.7 Å². The number of pyridine rings is 1.